The highest BCUT2D eigenvalue weighted by atomic mass is 16.7. The first kappa shape index (κ1) is 94.4. The summed E-state index contributed by atoms with van der Waals surface area (Å²) in [5.41, 5.74) is 0. The lowest BCUT2D eigenvalue weighted by Gasteiger charge is -2.26. The molecule has 0 heterocycles. The Morgan fingerprint density at radius 3 is 0.859 bits per heavy atom. The van der Waals surface area contributed by atoms with Crippen molar-refractivity contribution in [2.75, 3.05) is 47.5 Å². The van der Waals surface area contributed by atoms with Crippen LogP contribution in [0.2, 0.25) is 0 Å². The highest BCUT2D eigenvalue weighted by Crippen LogP contribution is 2.19. The first-order valence-corrected chi connectivity index (χ1v) is 41.3. The smallest absolute Gasteiger partial charge is 0.306 e. The number of esters is 2. The largest absolute Gasteiger partial charge is 0.545 e. The van der Waals surface area contributed by atoms with Crippen molar-refractivity contribution in [3.63, 3.8) is 0 Å². The molecule has 9 nitrogen and oxygen atoms in total. The molecule has 0 bridgehead atoms. The highest BCUT2D eigenvalue weighted by Gasteiger charge is 2.22. The van der Waals surface area contributed by atoms with Crippen LogP contribution in [-0.4, -0.2) is 82.3 Å². The number of hydrogen-bond acceptors (Lipinski definition) is 8. The average Bonchev–Trinajstić information content (AvgIpc) is 1.14. The third kappa shape index (κ3) is 80.6. The number of carboxylic acids is 1. The number of ether oxygens (including phenoxy) is 4. The molecular weight excluding hydrogens is 1220 g/mol. The summed E-state index contributed by atoms with van der Waals surface area (Å²) in [7, 11) is 5.94. The molecule has 0 aliphatic rings. The number of rotatable bonds is 76. The zero-order chi connectivity index (χ0) is 71.8. The minimum Gasteiger partial charge on any atom is -0.545 e. The number of likely N-dealkylation sites (N-methyl/N-ethyl adjacent to an activating group) is 1. The molecule has 0 spiro atoms. The molecule has 0 aromatic rings. The molecule has 0 aliphatic carbocycles. The molecule has 0 saturated carbocycles. The second kappa shape index (κ2) is 79.1. The molecule has 9 heteroatoms. The van der Waals surface area contributed by atoms with E-state index in [2.05, 4.69) is 148 Å². The molecular formula is C90H155NO8. The zero-order valence-corrected chi connectivity index (χ0v) is 65.1. The van der Waals surface area contributed by atoms with E-state index in [4.69, 9.17) is 18.9 Å². The molecule has 2 unspecified atom stereocenters. The van der Waals surface area contributed by atoms with Crippen LogP contribution in [0.15, 0.2) is 134 Å². The van der Waals surface area contributed by atoms with E-state index in [1.54, 1.807) is 0 Å². The molecule has 0 fully saturated rings. The number of hydrogen-bond donors (Lipinski definition) is 0. The second-order valence-corrected chi connectivity index (χ2v) is 28.7. The maximum absolute atomic E-state index is 13.0. The van der Waals surface area contributed by atoms with Crippen LogP contribution in [-0.2, 0) is 33.3 Å². The van der Waals surface area contributed by atoms with Crippen molar-refractivity contribution in [2.45, 2.75) is 373 Å². The van der Waals surface area contributed by atoms with Crippen LogP contribution in [0, 0.1) is 0 Å². The molecule has 0 rings (SSSR count). The number of aliphatic carboxylic acids is 1. The van der Waals surface area contributed by atoms with E-state index >= 15 is 0 Å². The third-order valence-corrected chi connectivity index (χ3v) is 17.9. The van der Waals surface area contributed by atoms with E-state index in [0.29, 0.717) is 23.9 Å². The minimum absolute atomic E-state index is 0.144. The topological polar surface area (TPSA) is 111 Å². The van der Waals surface area contributed by atoms with Gasteiger partial charge in [0, 0.05) is 12.8 Å². The van der Waals surface area contributed by atoms with Crippen LogP contribution < -0.4 is 5.11 Å². The summed E-state index contributed by atoms with van der Waals surface area (Å²) in [5.74, 6) is -2.28. The van der Waals surface area contributed by atoms with Gasteiger partial charge in [-0.3, -0.25) is 9.59 Å². The lowest BCUT2D eigenvalue weighted by molar-refractivity contribution is -0.870. The van der Waals surface area contributed by atoms with E-state index in [0.717, 1.165) is 109 Å². The van der Waals surface area contributed by atoms with Gasteiger partial charge >= 0.3 is 11.9 Å². The zero-order valence-electron chi connectivity index (χ0n) is 65.1. The second-order valence-electron chi connectivity index (χ2n) is 28.7. The summed E-state index contributed by atoms with van der Waals surface area (Å²) >= 11 is 0. The van der Waals surface area contributed by atoms with E-state index in [1.807, 2.05) is 21.1 Å². The Morgan fingerprint density at radius 2 is 0.576 bits per heavy atom. The minimum atomic E-state index is -1.63. The predicted molar refractivity (Wildman–Crippen MR) is 426 cm³/mol. The quantitative estimate of drug-likeness (QED) is 0.0195. The normalized spacial score (nSPS) is 13.3. The van der Waals surface area contributed by atoms with Crippen LogP contribution in [0.3, 0.4) is 0 Å². The number of quaternary nitrogens is 1. The summed E-state index contributed by atoms with van der Waals surface area (Å²) in [5, 5.41) is 11.9. The summed E-state index contributed by atoms with van der Waals surface area (Å²) in [6, 6.07) is 0. The van der Waals surface area contributed by atoms with Gasteiger partial charge in [0.15, 0.2) is 12.4 Å². The molecule has 0 aromatic heterocycles. The average molecular weight is 1380 g/mol. The Morgan fingerprint density at radius 1 is 0.313 bits per heavy atom. The van der Waals surface area contributed by atoms with Crippen molar-refractivity contribution in [3.8, 4) is 0 Å². The molecule has 0 N–H and O–H groups in total. The fourth-order valence-electron chi connectivity index (χ4n) is 11.6. The van der Waals surface area contributed by atoms with Gasteiger partial charge in [0.25, 0.3) is 0 Å². The van der Waals surface area contributed by atoms with E-state index in [-0.39, 0.29) is 32.2 Å². The van der Waals surface area contributed by atoms with Crippen molar-refractivity contribution >= 4 is 17.9 Å². The van der Waals surface area contributed by atoms with E-state index in [1.165, 1.54) is 218 Å². The van der Waals surface area contributed by atoms with Gasteiger partial charge in [-0.2, -0.15) is 0 Å². The molecule has 0 aliphatic heterocycles. The Labute approximate surface area is 611 Å². The maximum Gasteiger partial charge on any atom is 0.306 e. The Bertz CT molecular complexity index is 2100. The number of allylic oxidation sites excluding steroid dienone is 22. The summed E-state index contributed by atoms with van der Waals surface area (Å²) in [4.78, 5) is 37.6. The van der Waals surface area contributed by atoms with Crippen molar-refractivity contribution in [3.05, 3.63) is 134 Å². The number of carbonyl (C=O) groups excluding carboxylic acids is 3. The number of carboxylic acid groups (broad SMARTS) is 1. The SMILES string of the molecule is CC/C=C\C/C=C\C/C=C\C/C=C\C/C=C\C/C=C\C/C=C\C/C=C\C/C=C\CCCCCCCCCCCCCC(=O)OC(COC(=O)CCCCCCCCCCCCCCCCCCCCCCCCC/C=C\C/C=C\CCCCCCC)COC(OCC[N+](C)(C)C)C(=O)[O-]. The molecule has 0 amide bonds. The molecule has 0 radical (unpaired) electrons. The molecule has 99 heavy (non-hydrogen) atoms. The van der Waals surface area contributed by atoms with Crippen LogP contribution >= 0.6 is 0 Å². The first-order valence-electron chi connectivity index (χ1n) is 41.3. The van der Waals surface area contributed by atoms with Crippen LogP contribution in [0.5, 0.6) is 0 Å². The fourth-order valence-corrected chi connectivity index (χ4v) is 11.6. The predicted octanol–water partition coefficient (Wildman–Crippen LogP) is 25.5. The van der Waals surface area contributed by atoms with Gasteiger partial charge in [-0.25, -0.2) is 0 Å². The molecule has 2 atom stereocenters. The van der Waals surface area contributed by atoms with Crippen molar-refractivity contribution in [1.29, 1.82) is 0 Å². The lowest BCUT2D eigenvalue weighted by Crippen LogP contribution is -2.44. The van der Waals surface area contributed by atoms with Gasteiger partial charge in [-0.05, 0) is 116 Å². The van der Waals surface area contributed by atoms with Gasteiger partial charge in [0.2, 0.25) is 0 Å². The third-order valence-electron chi connectivity index (χ3n) is 17.9. The number of nitrogens with zero attached hydrogens (tertiary/aromatic N) is 1. The van der Waals surface area contributed by atoms with Gasteiger partial charge in [-0.15, -0.1) is 0 Å². The molecule has 0 aromatic carbocycles. The summed E-state index contributed by atoms with van der Waals surface area (Å²) < 4.78 is 22.9. The van der Waals surface area contributed by atoms with Gasteiger partial charge in [-0.1, -0.05) is 366 Å². The van der Waals surface area contributed by atoms with Gasteiger partial charge < -0.3 is 33.3 Å². The van der Waals surface area contributed by atoms with Gasteiger partial charge in [0.1, 0.15) is 13.2 Å². The monoisotopic (exact) mass is 1380 g/mol. The Balaban J connectivity index is 4.04. The van der Waals surface area contributed by atoms with Crippen LogP contribution in [0.25, 0.3) is 0 Å². The summed E-state index contributed by atoms with van der Waals surface area (Å²) in [6.45, 7) is 4.65. The van der Waals surface area contributed by atoms with Crippen LogP contribution in [0.4, 0.5) is 0 Å². The Kier molecular flexibility index (Phi) is 75.5. The van der Waals surface area contributed by atoms with Crippen molar-refractivity contribution < 1.29 is 42.9 Å². The summed E-state index contributed by atoms with van der Waals surface area (Å²) in [6.07, 6.45) is 111. The van der Waals surface area contributed by atoms with E-state index < -0.39 is 24.3 Å². The fraction of sp³-hybridized carbons (Fsp3) is 0.722. The Hall–Kier alpha value is -4.57. The maximum atomic E-state index is 13.0. The number of unbranched alkanes of at least 4 members (excludes halogenated alkanes) is 39. The van der Waals surface area contributed by atoms with Gasteiger partial charge in [0.05, 0.1) is 40.3 Å². The standard InChI is InChI=1S/C90H155NO8/c1-6-8-10-12-14-16-18-20-22-24-26-28-30-32-34-36-38-40-42-43-44-45-47-49-51-53-55-57-59-61-63-65-67-69-71-73-75-77-79-81-88(93)99-86(85-98-90(89(94)95)96-83-82-91(3,4)5)84-97-87(92)80-78-76-74-72-70-68-66-64-62-60-58-56-54-52-50-48-46-41-39-37-35-33-31-29-27-25-23-21-19-17-15-13-11-9-7-2/h8,10,14,16,19-22,25-28,32,34,38,40,43-44,47,49,53,55,86,90H,6-7,9,11-13,15,17-18,23-24,29-31,33,35-37,39,41-42,45-46,48,50-52,54,56-85H2,1-5H3/b10-8-,16-14-,21-19-,22-20-,27-25-,28-26-,34-32-,40-38-,44-43-,49-47-,55-53-. The van der Waals surface area contributed by atoms with Crippen molar-refractivity contribution in [2.24, 2.45) is 0 Å². The first-order chi connectivity index (χ1) is 48.6. The van der Waals surface area contributed by atoms with Crippen LogP contribution in [0.1, 0.15) is 361 Å². The highest BCUT2D eigenvalue weighted by molar-refractivity contribution is 5.70. The van der Waals surface area contributed by atoms with Crippen molar-refractivity contribution in [1.82, 2.24) is 0 Å². The number of carbonyl (C=O) groups is 3. The molecule has 568 valence electrons. The lowest BCUT2D eigenvalue weighted by atomic mass is 10.0. The van der Waals surface area contributed by atoms with E-state index in [9.17, 15) is 19.5 Å². The molecule has 0 saturated heterocycles.